The molecule has 0 unspecified atom stereocenters. The van der Waals surface area contributed by atoms with Gasteiger partial charge in [0.2, 0.25) is 11.8 Å². The lowest BCUT2D eigenvalue weighted by molar-refractivity contribution is 0.276. The van der Waals surface area contributed by atoms with Gasteiger partial charge in [0.05, 0.1) is 23.9 Å². The van der Waals surface area contributed by atoms with Crippen LogP contribution in [0.5, 0.6) is 0 Å². The van der Waals surface area contributed by atoms with Crippen LogP contribution < -0.4 is 16.2 Å². The van der Waals surface area contributed by atoms with Crippen molar-refractivity contribution in [3.63, 3.8) is 0 Å². The molecule has 0 bridgehead atoms. The average molecular weight is 459 g/mol. The molecule has 0 radical (unpaired) electrons. The number of nitrogens with one attached hydrogen (secondary N) is 3. The van der Waals surface area contributed by atoms with Gasteiger partial charge in [-0.05, 0) is 5.56 Å². The molecule has 5 aromatic rings. The van der Waals surface area contributed by atoms with E-state index in [1.807, 2.05) is 30.3 Å². The fraction of sp³-hybridized carbons (Fsp3) is 0.182. The Morgan fingerprint density at radius 1 is 1.18 bits per heavy atom. The molecule has 0 aliphatic carbocycles. The molecule has 0 saturated heterocycles. The molecule has 12 heteroatoms. The number of aromatic amines is 1. The van der Waals surface area contributed by atoms with Gasteiger partial charge in [0.15, 0.2) is 5.65 Å². The Bertz CT molecular complexity index is 1510. The first-order valence-electron chi connectivity index (χ1n) is 10.4. The van der Waals surface area contributed by atoms with E-state index in [4.69, 9.17) is 4.42 Å². The van der Waals surface area contributed by atoms with Crippen LogP contribution in [0.2, 0.25) is 0 Å². The van der Waals surface area contributed by atoms with Gasteiger partial charge in [-0.2, -0.15) is 4.98 Å². The van der Waals surface area contributed by atoms with Crippen LogP contribution in [0, 0.1) is 6.92 Å². The van der Waals surface area contributed by atoms with Gasteiger partial charge in [-0.25, -0.2) is 9.97 Å². The predicted molar refractivity (Wildman–Crippen MR) is 125 cm³/mol. The number of anilines is 3. The summed E-state index contributed by atoms with van der Waals surface area (Å²) in [4.78, 5) is 24.9. The van der Waals surface area contributed by atoms with Gasteiger partial charge in [-0.1, -0.05) is 30.3 Å². The SMILES string of the molecule is Cc1nnc(-c2cnc(Nc3ncc4c(=O)[nH]n(C)c4n3)cc2N[C@H](CO)c2ccccc2)o1. The van der Waals surface area contributed by atoms with E-state index in [0.29, 0.717) is 39.9 Å². The molecule has 0 aliphatic rings. The van der Waals surface area contributed by atoms with Gasteiger partial charge < -0.3 is 20.2 Å². The van der Waals surface area contributed by atoms with Crippen molar-refractivity contribution in [3.8, 4) is 11.5 Å². The maximum Gasteiger partial charge on any atom is 0.275 e. The van der Waals surface area contributed by atoms with Crippen molar-refractivity contribution >= 4 is 28.5 Å². The second kappa shape index (κ2) is 8.75. The van der Waals surface area contributed by atoms with E-state index >= 15 is 0 Å². The maximum atomic E-state index is 11.9. The molecule has 0 spiro atoms. The topological polar surface area (TPSA) is 160 Å². The van der Waals surface area contributed by atoms with Crippen molar-refractivity contribution in [1.82, 2.24) is 34.9 Å². The summed E-state index contributed by atoms with van der Waals surface area (Å²) in [6, 6.07) is 10.9. The Morgan fingerprint density at radius 2 is 2.00 bits per heavy atom. The third-order valence-electron chi connectivity index (χ3n) is 5.21. The van der Waals surface area contributed by atoms with E-state index in [0.717, 1.165) is 5.56 Å². The number of hydrogen-bond donors (Lipinski definition) is 4. The first kappa shape index (κ1) is 21.3. The Morgan fingerprint density at radius 3 is 2.74 bits per heavy atom. The van der Waals surface area contributed by atoms with Crippen LogP contribution in [0.15, 0.2) is 58.0 Å². The number of pyridine rings is 1. The van der Waals surface area contributed by atoms with Gasteiger partial charge >= 0.3 is 0 Å². The Kier molecular flexibility index (Phi) is 5.47. The third-order valence-corrected chi connectivity index (χ3v) is 5.21. The van der Waals surface area contributed by atoms with E-state index in [1.165, 1.54) is 10.9 Å². The summed E-state index contributed by atoms with van der Waals surface area (Å²) in [6.45, 7) is 1.56. The number of aliphatic hydroxyl groups is 1. The zero-order valence-electron chi connectivity index (χ0n) is 18.4. The fourth-order valence-corrected chi connectivity index (χ4v) is 3.56. The molecular weight excluding hydrogens is 438 g/mol. The summed E-state index contributed by atoms with van der Waals surface area (Å²) < 4.78 is 7.13. The van der Waals surface area contributed by atoms with Crippen molar-refractivity contribution in [1.29, 1.82) is 0 Å². The Hall–Kier alpha value is -4.58. The summed E-state index contributed by atoms with van der Waals surface area (Å²) in [5, 5.41) is 27.5. The fourth-order valence-electron chi connectivity index (χ4n) is 3.56. The van der Waals surface area contributed by atoms with Gasteiger partial charge in [0, 0.05) is 32.4 Å². The van der Waals surface area contributed by atoms with Crippen LogP contribution in [-0.4, -0.2) is 46.6 Å². The summed E-state index contributed by atoms with van der Waals surface area (Å²) in [6.07, 6.45) is 3.04. The molecule has 0 aliphatic heterocycles. The summed E-state index contributed by atoms with van der Waals surface area (Å²) in [5.74, 6) is 1.42. The van der Waals surface area contributed by atoms with Gasteiger partial charge in [-0.3, -0.25) is 14.6 Å². The number of nitrogens with zero attached hydrogens (tertiary/aromatic N) is 6. The first-order valence-corrected chi connectivity index (χ1v) is 10.4. The lowest BCUT2D eigenvalue weighted by Gasteiger charge is -2.20. The van der Waals surface area contributed by atoms with E-state index in [2.05, 4.69) is 40.9 Å². The summed E-state index contributed by atoms with van der Waals surface area (Å²) >= 11 is 0. The molecule has 5 rings (SSSR count). The first-order chi connectivity index (χ1) is 16.5. The minimum Gasteiger partial charge on any atom is -0.421 e. The third kappa shape index (κ3) is 4.09. The highest BCUT2D eigenvalue weighted by atomic mass is 16.4. The molecule has 0 saturated carbocycles. The number of hydrogen-bond acceptors (Lipinski definition) is 10. The molecular formula is C22H21N9O3. The number of benzene rings is 1. The molecule has 1 aromatic carbocycles. The van der Waals surface area contributed by atoms with Crippen molar-refractivity contribution in [2.45, 2.75) is 13.0 Å². The number of H-pyrrole nitrogens is 1. The van der Waals surface area contributed by atoms with Crippen molar-refractivity contribution in [2.75, 3.05) is 17.2 Å². The van der Waals surface area contributed by atoms with Crippen molar-refractivity contribution in [2.24, 2.45) is 7.05 Å². The van der Waals surface area contributed by atoms with E-state index < -0.39 is 0 Å². The van der Waals surface area contributed by atoms with Crippen LogP contribution >= 0.6 is 0 Å². The molecule has 172 valence electrons. The smallest absolute Gasteiger partial charge is 0.275 e. The van der Waals surface area contributed by atoms with Gasteiger partial charge in [0.25, 0.3) is 11.4 Å². The second-order valence-corrected chi connectivity index (χ2v) is 7.59. The molecule has 0 fully saturated rings. The molecule has 4 N–H and O–H groups in total. The molecule has 0 amide bonds. The van der Waals surface area contributed by atoms with Crippen LogP contribution in [0.4, 0.5) is 17.5 Å². The van der Waals surface area contributed by atoms with Crippen LogP contribution in [0.1, 0.15) is 17.5 Å². The highest BCUT2D eigenvalue weighted by Gasteiger charge is 2.18. The maximum absolute atomic E-state index is 11.9. The quantitative estimate of drug-likeness (QED) is 0.284. The number of aliphatic hydroxyl groups excluding tert-OH is 1. The molecule has 4 aromatic heterocycles. The standard InChI is InChI=1S/C22H21N9O3/c1-12-28-29-21(34-12)14-9-23-18(8-16(14)25-17(11-32)13-6-4-3-5-7-13)26-22-24-10-15-19(27-22)31(2)30-20(15)33/h3-10,17,32H,11H2,1-2H3,(H,30,33)(H2,23,24,25,26,27)/t17-/m1/s1. The zero-order valence-corrected chi connectivity index (χ0v) is 18.4. The highest BCUT2D eigenvalue weighted by molar-refractivity contribution is 5.77. The van der Waals surface area contributed by atoms with E-state index in [-0.39, 0.29) is 24.2 Å². The molecule has 34 heavy (non-hydrogen) atoms. The number of fused-ring (bicyclic) bond motifs is 1. The average Bonchev–Trinajstić information content (AvgIpc) is 3.40. The monoisotopic (exact) mass is 459 g/mol. The summed E-state index contributed by atoms with van der Waals surface area (Å²) in [5.41, 5.74) is 2.29. The van der Waals surface area contributed by atoms with Gasteiger partial charge in [-0.15, -0.1) is 10.2 Å². The van der Waals surface area contributed by atoms with Crippen molar-refractivity contribution in [3.05, 3.63) is 70.6 Å². The molecule has 4 heterocycles. The lowest BCUT2D eigenvalue weighted by Crippen LogP contribution is -2.15. The van der Waals surface area contributed by atoms with Crippen LogP contribution in [0.3, 0.4) is 0 Å². The minimum absolute atomic E-state index is 0.140. The Labute approximate surface area is 192 Å². The van der Waals surface area contributed by atoms with E-state index in [1.54, 1.807) is 26.2 Å². The minimum atomic E-state index is -0.388. The van der Waals surface area contributed by atoms with E-state index in [9.17, 15) is 9.90 Å². The zero-order chi connectivity index (χ0) is 23.7. The number of rotatable bonds is 7. The largest absolute Gasteiger partial charge is 0.421 e. The number of aryl methyl sites for hydroxylation is 2. The predicted octanol–water partition coefficient (Wildman–Crippen LogP) is 2.30. The molecule has 12 nitrogen and oxygen atoms in total. The number of aromatic nitrogens is 7. The van der Waals surface area contributed by atoms with Crippen molar-refractivity contribution < 1.29 is 9.52 Å². The van der Waals surface area contributed by atoms with Crippen LogP contribution in [-0.2, 0) is 7.05 Å². The van der Waals surface area contributed by atoms with Gasteiger partial charge in [0.1, 0.15) is 11.2 Å². The second-order valence-electron chi connectivity index (χ2n) is 7.59. The van der Waals surface area contributed by atoms with Crippen LogP contribution in [0.25, 0.3) is 22.5 Å². The molecule has 1 atom stereocenters. The summed E-state index contributed by atoms with van der Waals surface area (Å²) in [7, 11) is 1.70. The Balaban J connectivity index is 1.52. The lowest BCUT2D eigenvalue weighted by atomic mass is 10.1. The highest BCUT2D eigenvalue weighted by Crippen LogP contribution is 2.32. The normalized spacial score (nSPS) is 12.1.